The molecule has 0 amide bonds. The third-order valence-corrected chi connectivity index (χ3v) is 1.80. The van der Waals surface area contributed by atoms with E-state index in [-0.39, 0.29) is 0 Å². The van der Waals surface area contributed by atoms with Crippen molar-refractivity contribution in [2.45, 2.75) is 25.6 Å². The maximum atomic E-state index is 11.1. The summed E-state index contributed by atoms with van der Waals surface area (Å²) < 4.78 is 9.63. The molecule has 0 aliphatic carbocycles. The molecule has 2 atom stereocenters. The van der Waals surface area contributed by atoms with E-state index in [0.29, 0.717) is 13.0 Å². The second-order valence-electron chi connectivity index (χ2n) is 2.90. The second kappa shape index (κ2) is 4.23. The highest BCUT2D eigenvalue weighted by Crippen LogP contribution is 2.12. The first-order chi connectivity index (χ1) is 6.15. The van der Waals surface area contributed by atoms with Crippen molar-refractivity contribution in [1.82, 2.24) is 5.32 Å². The molecular weight excluding hydrogens is 174 g/mol. The van der Waals surface area contributed by atoms with Gasteiger partial charge in [-0.15, -0.1) is 0 Å². The van der Waals surface area contributed by atoms with Crippen LogP contribution in [0.4, 0.5) is 0 Å². The molecule has 1 N–H and O–H groups in total. The molecule has 0 aromatic heterocycles. The first-order valence-electron chi connectivity index (χ1n) is 4.20. The summed E-state index contributed by atoms with van der Waals surface area (Å²) in [4.78, 5) is 22.1. The summed E-state index contributed by atoms with van der Waals surface area (Å²) >= 11 is 0. The summed E-state index contributed by atoms with van der Waals surface area (Å²) in [6, 6.07) is 0. The van der Waals surface area contributed by atoms with E-state index in [1.54, 1.807) is 7.05 Å². The minimum Gasteiger partial charge on any atom is -0.448 e. The average Bonchev–Trinajstić information content (AvgIpc) is 2.09. The molecule has 0 bridgehead atoms. The van der Waals surface area contributed by atoms with Crippen molar-refractivity contribution in [3.63, 3.8) is 0 Å². The van der Waals surface area contributed by atoms with Crippen LogP contribution in [0, 0.1) is 0 Å². The minimum atomic E-state index is -0.765. The van der Waals surface area contributed by atoms with Crippen LogP contribution < -0.4 is 5.32 Å². The largest absolute Gasteiger partial charge is 0.448 e. The molecule has 2 unspecified atom stereocenters. The number of hydrogen-bond acceptors (Lipinski definition) is 5. The van der Waals surface area contributed by atoms with Gasteiger partial charge in [0, 0.05) is 6.42 Å². The van der Waals surface area contributed by atoms with Gasteiger partial charge in [0.25, 0.3) is 0 Å². The standard InChI is InChI=1S/C8H13NO4/c1-5-7(10)13-6(3-4-9-2)8(11)12-5/h5-6,9H,3-4H2,1-2H3. The van der Waals surface area contributed by atoms with Crippen molar-refractivity contribution >= 4 is 11.9 Å². The molecule has 0 saturated carbocycles. The number of cyclic esters (lactones) is 2. The number of nitrogens with one attached hydrogen (secondary N) is 1. The Bertz CT molecular complexity index is 216. The molecule has 13 heavy (non-hydrogen) atoms. The zero-order chi connectivity index (χ0) is 9.84. The van der Waals surface area contributed by atoms with Crippen LogP contribution in [0.25, 0.3) is 0 Å². The molecule has 0 aromatic carbocycles. The van der Waals surface area contributed by atoms with E-state index in [1.807, 2.05) is 0 Å². The number of carbonyl (C=O) groups excluding carboxylic acids is 2. The lowest BCUT2D eigenvalue weighted by Gasteiger charge is -2.25. The highest BCUT2D eigenvalue weighted by atomic mass is 16.6. The fourth-order valence-corrected chi connectivity index (χ4v) is 1.03. The highest BCUT2D eigenvalue weighted by molar-refractivity contribution is 5.87. The Morgan fingerprint density at radius 1 is 1.31 bits per heavy atom. The molecule has 1 fully saturated rings. The van der Waals surface area contributed by atoms with Crippen LogP contribution in [0.2, 0.25) is 0 Å². The van der Waals surface area contributed by atoms with E-state index in [2.05, 4.69) is 5.32 Å². The van der Waals surface area contributed by atoms with Gasteiger partial charge in [-0.1, -0.05) is 0 Å². The van der Waals surface area contributed by atoms with Gasteiger partial charge in [0.1, 0.15) is 0 Å². The van der Waals surface area contributed by atoms with Crippen molar-refractivity contribution in [3.8, 4) is 0 Å². The van der Waals surface area contributed by atoms with Crippen molar-refractivity contribution in [1.29, 1.82) is 0 Å². The maximum absolute atomic E-state index is 11.1. The summed E-state index contributed by atoms with van der Waals surface area (Å²) in [6.07, 6.45) is -1.05. The van der Waals surface area contributed by atoms with Crippen LogP contribution in [0.5, 0.6) is 0 Å². The van der Waals surface area contributed by atoms with Crippen molar-refractivity contribution < 1.29 is 19.1 Å². The van der Waals surface area contributed by atoms with E-state index < -0.39 is 24.1 Å². The molecule has 1 saturated heterocycles. The maximum Gasteiger partial charge on any atom is 0.348 e. The number of ether oxygens (including phenoxy) is 2. The molecule has 5 nitrogen and oxygen atoms in total. The summed E-state index contributed by atoms with van der Waals surface area (Å²) in [6.45, 7) is 2.11. The van der Waals surface area contributed by atoms with E-state index in [4.69, 9.17) is 9.47 Å². The Hall–Kier alpha value is -1.10. The molecule has 1 heterocycles. The summed E-state index contributed by atoms with van der Waals surface area (Å²) in [5.74, 6) is -0.928. The van der Waals surface area contributed by atoms with Crippen LogP contribution in [-0.2, 0) is 19.1 Å². The molecule has 0 spiro atoms. The van der Waals surface area contributed by atoms with Gasteiger partial charge in [0.2, 0.25) is 0 Å². The molecule has 0 radical (unpaired) electrons. The Balaban J connectivity index is 2.46. The monoisotopic (exact) mass is 187 g/mol. The lowest BCUT2D eigenvalue weighted by Crippen LogP contribution is -2.43. The SMILES string of the molecule is CNCCC1OC(=O)C(C)OC1=O. The third-order valence-electron chi connectivity index (χ3n) is 1.80. The molecule has 1 rings (SSSR count). The predicted molar refractivity (Wildman–Crippen MR) is 44.0 cm³/mol. The van der Waals surface area contributed by atoms with E-state index in [1.165, 1.54) is 6.92 Å². The first kappa shape index (κ1) is 9.98. The molecule has 5 heteroatoms. The Morgan fingerprint density at radius 2 is 2.00 bits per heavy atom. The van der Waals surface area contributed by atoms with Gasteiger partial charge in [0.05, 0.1) is 0 Å². The van der Waals surface area contributed by atoms with Gasteiger partial charge in [-0.3, -0.25) is 0 Å². The van der Waals surface area contributed by atoms with Gasteiger partial charge >= 0.3 is 11.9 Å². The summed E-state index contributed by atoms with van der Waals surface area (Å²) in [7, 11) is 1.76. The van der Waals surface area contributed by atoms with Crippen molar-refractivity contribution in [2.24, 2.45) is 0 Å². The smallest absolute Gasteiger partial charge is 0.348 e. The Kier molecular flexibility index (Phi) is 3.25. The Labute approximate surface area is 76.4 Å². The van der Waals surface area contributed by atoms with Crippen molar-refractivity contribution in [3.05, 3.63) is 0 Å². The Morgan fingerprint density at radius 3 is 2.62 bits per heavy atom. The normalized spacial score (nSPS) is 28.2. The van der Waals surface area contributed by atoms with Gasteiger partial charge in [-0.2, -0.15) is 0 Å². The van der Waals surface area contributed by atoms with Gasteiger partial charge < -0.3 is 14.8 Å². The van der Waals surface area contributed by atoms with E-state index in [0.717, 1.165) is 0 Å². The fraction of sp³-hybridized carbons (Fsp3) is 0.750. The number of esters is 2. The first-order valence-corrected chi connectivity index (χ1v) is 4.20. The zero-order valence-electron chi connectivity index (χ0n) is 7.70. The summed E-state index contributed by atoms with van der Waals surface area (Å²) in [5, 5.41) is 2.86. The van der Waals surface area contributed by atoms with E-state index >= 15 is 0 Å². The topological polar surface area (TPSA) is 64.6 Å². The molecule has 1 aliphatic rings. The summed E-state index contributed by atoms with van der Waals surface area (Å²) in [5.41, 5.74) is 0. The quantitative estimate of drug-likeness (QED) is 0.601. The van der Waals surface area contributed by atoms with Crippen LogP contribution in [0.3, 0.4) is 0 Å². The van der Waals surface area contributed by atoms with Crippen LogP contribution in [-0.4, -0.2) is 37.7 Å². The van der Waals surface area contributed by atoms with Gasteiger partial charge in [0.15, 0.2) is 12.2 Å². The fourth-order valence-electron chi connectivity index (χ4n) is 1.03. The van der Waals surface area contributed by atoms with Gasteiger partial charge in [-0.25, -0.2) is 9.59 Å². The third kappa shape index (κ3) is 2.42. The van der Waals surface area contributed by atoms with Crippen LogP contribution in [0.15, 0.2) is 0 Å². The van der Waals surface area contributed by atoms with Crippen LogP contribution in [0.1, 0.15) is 13.3 Å². The lowest BCUT2D eigenvalue weighted by molar-refractivity contribution is -0.193. The lowest BCUT2D eigenvalue weighted by atomic mass is 10.2. The molecule has 74 valence electrons. The number of carbonyl (C=O) groups is 2. The molecule has 0 aromatic rings. The predicted octanol–water partition coefficient (Wildman–Crippen LogP) is -0.547. The number of rotatable bonds is 3. The van der Waals surface area contributed by atoms with Crippen molar-refractivity contribution in [2.75, 3.05) is 13.6 Å². The second-order valence-corrected chi connectivity index (χ2v) is 2.90. The minimum absolute atomic E-state index is 0.452. The van der Waals surface area contributed by atoms with E-state index in [9.17, 15) is 9.59 Å². The highest BCUT2D eigenvalue weighted by Gasteiger charge is 2.34. The number of hydrogen-bond donors (Lipinski definition) is 1. The van der Waals surface area contributed by atoms with Gasteiger partial charge in [-0.05, 0) is 20.5 Å². The zero-order valence-corrected chi connectivity index (χ0v) is 7.70. The molecular formula is C8H13NO4. The average molecular weight is 187 g/mol. The van der Waals surface area contributed by atoms with Crippen LogP contribution >= 0.6 is 0 Å². The molecule has 1 aliphatic heterocycles.